The van der Waals surface area contributed by atoms with E-state index in [1.54, 1.807) is 31.6 Å². The number of methoxy groups -OCH3 is 2. The van der Waals surface area contributed by atoms with Crippen LogP contribution in [0.3, 0.4) is 0 Å². The molecule has 0 saturated carbocycles. The summed E-state index contributed by atoms with van der Waals surface area (Å²) in [5.41, 5.74) is 4.13. The number of carbonyl (C=O) groups excluding carboxylic acids is 1. The first-order valence-corrected chi connectivity index (χ1v) is 13.6. The molecule has 3 heterocycles. The molecule has 2 atom stereocenters. The molecule has 0 unspecified atom stereocenters. The van der Waals surface area contributed by atoms with E-state index >= 15 is 0 Å². The van der Waals surface area contributed by atoms with Crippen molar-refractivity contribution in [2.45, 2.75) is 51.5 Å². The number of hydrogen-bond donors (Lipinski definition) is 1. The Morgan fingerprint density at radius 3 is 2.24 bits per heavy atom. The first-order valence-electron chi connectivity index (χ1n) is 12.8. The first kappa shape index (κ1) is 24.7. The molecule has 1 aliphatic carbocycles. The van der Waals surface area contributed by atoms with Gasteiger partial charge in [0.25, 0.3) is 10.8 Å². The molecule has 6 rings (SSSR count). The van der Waals surface area contributed by atoms with E-state index < -0.39 is 0 Å². The average Bonchev–Trinajstić information content (AvgIpc) is 3.43. The van der Waals surface area contributed by atoms with E-state index in [-0.39, 0.29) is 23.5 Å². The number of nitrogens with zero attached hydrogens (tertiary/aromatic N) is 2. The quantitative estimate of drug-likeness (QED) is 0.330. The Hall–Kier alpha value is -3.62. The molecule has 2 aromatic carbocycles. The fourth-order valence-electron chi connectivity index (χ4n) is 5.32. The summed E-state index contributed by atoms with van der Waals surface area (Å²) >= 11 is 1.74. The lowest BCUT2D eigenvalue weighted by Gasteiger charge is -2.31. The first-order chi connectivity index (χ1) is 18.3. The number of carbonyl (C=O) groups is 1. The van der Waals surface area contributed by atoms with Gasteiger partial charge < -0.3 is 14.2 Å². The maximum absolute atomic E-state index is 12.5. The molecule has 0 amide bonds. The summed E-state index contributed by atoms with van der Waals surface area (Å²) in [6.07, 6.45) is 3.86. The maximum Gasteiger partial charge on any atom is 0.293 e. The second-order valence-electron chi connectivity index (χ2n) is 10.8. The molecule has 7 nitrogen and oxygen atoms in total. The lowest BCUT2D eigenvalue weighted by molar-refractivity contribution is -0.478. The Morgan fingerprint density at radius 2 is 1.63 bits per heavy atom. The number of thiazole rings is 1. The zero-order valence-corrected chi connectivity index (χ0v) is 23.1. The minimum Gasteiger partial charge on any atom is -0.497 e. The number of imidazole rings is 1. The summed E-state index contributed by atoms with van der Waals surface area (Å²) < 4.78 is 21.8. The van der Waals surface area contributed by atoms with Crippen LogP contribution in [-0.4, -0.2) is 36.2 Å². The maximum atomic E-state index is 12.5. The van der Waals surface area contributed by atoms with Crippen LogP contribution < -0.4 is 19.2 Å². The van der Waals surface area contributed by atoms with Crippen molar-refractivity contribution in [2.75, 3.05) is 19.5 Å². The summed E-state index contributed by atoms with van der Waals surface area (Å²) in [4.78, 5) is 14.8. The Balaban J connectivity index is 1.67. The summed E-state index contributed by atoms with van der Waals surface area (Å²) in [7, 11) is 3.36. The molecule has 0 bridgehead atoms. The fourth-order valence-corrected chi connectivity index (χ4v) is 6.68. The number of rotatable bonds is 5. The van der Waals surface area contributed by atoms with Crippen LogP contribution in [0.2, 0.25) is 0 Å². The standard InChI is InChI=1S/C30H32N3O4S/c1-30(2,3)31-28-24-17-37-25-15-10-20(34)16-23(25)32(24)29-33(28)26(18-6-11-21(35-4)12-7-18)27(38-29)19-8-13-22(36-5)14-9-19/h6-15,23,25,31H,16-17H2,1-5H3/q+1/t23-,25+/m0/s1. The summed E-state index contributed by atoms with van der Waals surface area (Å²) in [5.74, 6) is 2.75. The summed E-state index contributed by atoms with van der Waals surface area (Å²) in [6.45, 7) is 6.94. The van der Waals surface area contributed by atoms with Gasteiger partial charge in [-0.15, -0.1) is 0 Å². The fraction of sp³-hybridized carbons (Fsp3) is 0.333. The summed E-state index contributed by atoms with van der Waals surface area (Å²) in [6, 6.07) is 16.3. The highest BCUT2D eigenvalue weighted by Gasteiger charge is 2.43. The van der Waals surface area contributed by atoms with E-state index in [1.807, 2.05) is 30.3 Å². The zero-order valence-electron chi connectivity index (χ0n) is 22.3. The van der Waals surface area contributed by atoms with Crippen LogP contribution in [0.5, 0.6) is 11.5 Å². The molecule has 2 aromatic heterocycles. The van der Waals surface area contributed by atoms with Crippen molar-refractivity contribution in [3.63, 3.8) is 0 Å². The van der Waals surface area contributed by atoms with Crippen molar-refractivity contribution < 1.29 is 23.4 Å². The molecule has 2 aliphatic rings. The molecule has 4 aromatic rings. The minimum atomic E-state index is -0.193. The number of ketones is 1. The Kier molecular flexibility index (Phi) is 6.04. The lowest BCUT2D eigenvalue weighted by Crippen LogP contribution is -2.36. The van der Waals surface area contributed by atoms with Gasteiger partial charge in [-0.3, -0.25) is 10.1 Å². The zero-order chi connectivity index (χ0) is 26.6. The number of anilines is 1. The van der Waals surface area contributed by atoms with Crippen LogP contribution in [0.1, 0.15) is 38.9 Å². The smallest absolute Gasteiger partial charge is 0.293 e. The number of benzene rings is 2. The molecular weight excluding hydrogens is 498 g/mol. The van der Waals surface area contributed by atoms with E-state index in [0.717, 1.165) is 49.7 Å². The molecule has 0 saturated heterocycles. The van der Waals surface area contributed by atoms with Crippen molar-refractivity contribution >= 4 is 27.9 Å². The van der Waals surface area contributed by atoms with Crippen LogP contribution in [0.15, 0.2) is 60.7 Å². The predicted molar refractivity (Wildman–Crippen MR) is 149 cm³/mol. The highest BCUT2D eigenvalue weighted by Crippen LogP contribution is 2.44. The highest BCUT2D eigenvalue weighted by molar-refractivity contribution is 7.20. The van der Waals surface area contributed by atoms with E-state index in [1.165, 1.54) is 0 Å². The van der Waals surface area contributed by atoms with Gasteiger partial charge in [0.2, 0.25) is 0 Å². The SMILES string of the molecule is COc1ccc(-c2sc3n4c(c(NC(C)(C)C)[n+]3c2-c2ccc(OC)cc2)CO[C@@H]2C=CC(=O)C[C@@H]24)cc1. The van der Waals surface area contributed by atoms with E-state index in [9.17, 15) is 4.79 Å². The van der Waals surface area contributed by atoms with Gasteiger partial charge in [0.05, 0.1) is 24.6 Å². The molecular formula is C30H32N3O4S+. The second kappa shape index (κ2) is 9.29. The van der Waals surface area contributed by atoms with Crippen LogP contribution >= 0.6 is 11.3 Å². The average molecular weight is 531 g/mol. The molecule has 0 spiro atoms. The van der Waals surface area contributed by atoms with E-state index in [2.05, 4.69) is 59.3 Å². The minimum absolute atomic E-state index is 0.0900. The van der Waals surface area contributed by atoms with Crippen molar-refractivity contribution in [1.29, 1.82) is 0 Å². The van der Waals surface area contributed by atoms with E-state index in [0.29, 0.717) is 13.0 Å². The van der Waals surface area contributed by atoms with Gasteiger partial charge in [-0.05, 0) is 87.0 Å². The molecule has 8 heteroatoms. The third kappa shape index (κ3) is 4.18. The van der Waals surface area contributed by atoms with Crippen molar-refractivity contribution in [1.82, 2.24) is 4.57 Å². The monoisotopic (exact) mass is 530 g/mol. The van der Waals surface area contributed by atoms with Crippen LogP contribution in [0.4, 0.5) is 5.82 Å². The topological polar surface area (TPSA) is 65.8 Å². The Bertz CT molecular complexity index is 1540. The van der Waals surface area contributed by atoms with Crippen LogP contribution in [0, 0.1) is 0 Å². The molecule has 38 heavy (non-hydrogen) atoms. The molecule has 196 valence electrons. The van der Waals surface area contributed by atoms with Gasteiger partial charge in [-0.2, -0.15) is 4.40 Å². The van der Waals surface area contributed by atoms with Gasteiger partial charge >= 0.3 is 0 Å². The second-order valence-corrected chi connectivity index (χ2v) is 11.7. The Labute approximate surface area is 226 Å². The Morgan fingerprint density at radius 1 is 1.00 bits per heavy atom. The van der Waals surface area contributed by atoms with Crippen molar-refractivity contribution in [2.24, 2.45) is 0 Å². The third-order valence-electron chi connectivity index (χ3n) is 7.03. The number of allylic oxidation sites excluding steroid dienone is 1. The van der Waals surface area contributed by atoms with E-state index in [4.69, 9.17) is 14.2 Å². The highest BCUT2D eigenvalue weighted by atomic mass is 32.1. The molecule has 1 N–H and O–H groups in total. The van der Waals surface area contributed by atoms with Gasteiger partial charge in [-0.25, -0.2) is 4.57 Å². The molecule has 1 aliphatic heterocycles. The number of nitrogens with one attached hydrogen (secondary N) is 1. The lowest BCUT2D eigenvalue weighted by atomic mass is 9.96. The van der Waals surface area contributed by atoms with Gasteiger partial charge in [0.1, 0.15) is 35.9 Å². The van der Waals surface area contributed by atoms with Crippen LogP contribution in [0.25, 0.3) is 26.7 Å². The largest absolute Gasteiger partial charge is 0.497 e. The van der Waals surface area contributed by atoms with Crippen molar-refractivity contribution in [3.8, 4) is 33.2 Å². The normalized spacial score (nSPS) is 18.8. The van der Waals surface area contributed by atoms with Crippen LogP contribution in [-0.2, 0) is 16.1 Å². The van der Waals surface area contributed by atoms with Gasteiger partial charge in [-0.1, -0.05) is 11.3 Å². The van der Waals surface area contributed by atoms with Gasteiger partial charge in [0, 0.05) is 12.0 Å². The molecule has 0 fully saturated rings. The number of fused-ring (bicyclic) bond motifs is 5. The number of hydrogen-bond acceptors (Lipinski definition) is 6. The molecule has 0 radical (unpaired) electrons. The number of ether oxygens (including phenoxy) is 3. The van der Waals surface area contributed by atoms with Crippen molar-refractivity contribution in [3.05, 3.63) is 66.4 Å². The summed E-state index contributed by atoms with van der Waals surface area (Å²) in [5, 5.41) is 3.78. The predicted octanol–water partition coefficient (Wildman–Crippen LogP) is 5.82. The third-order valence-corrected chi connectivity index (χ3v) is 8.23. The number of aromatic nitrogens is 2. The van der Waals surface area contributed by atoms with Gasteiger partial charge in [0.15, 0.2) is 11.5 Å².